The number of nitrogens with one attached hydrogen (secondary N) is 1. The summed E-state index contributed by atoms with van der Waals surface area (Å²) >= 11 is 11.7. The number of amides is 1. The van der Waals surface area contributed by atoms with Crippen LogP contribution in [0.25, 0.3) is 0 Å². The smallest absolute Gasteiger partial charge is 0.255 e. The van der Waals surface area contributed by atoms with Gasteiger partial charge in [0, 0.05) is 24.3 Å². The molecule has 0 atom stereocenters. The lowest BCUT2D eigenvalue weighted by atomic mass is 10.2. The number of halogens is 2. The summed E-state index contributed by atoms with van der Waals surface area (Å²) < 4.78 is 26.0. The van der Waals surface area contributed by atoms with Gasteiger partial charge in [-0.3, -0.25) is 4.79 Å². The maximum Gasteiger partial charge on any atom is 0.255 e. The topological polar surface area (TPSA) is 86.7 Å². The quantitative estimate of drug-likeness (QED) is 0.825. The van der Waals surface area contributed by atoms with Crippen molar-refractivity contribution in [3.63, 3.8) is 0 Å². The first kappa shape index (κ1) is 18.2. The zero-order valence-electron chi connectivity index (χ0n) is 12.8. The maximum atomic E-state index is 12.4. The molecule has 1 amide bonds. The second-order valence-electron chi connectivity index (χ2n) is 5.59. The number of benzene rings is 2. The summed E-state index contributed by atoms with van der Waals surface area (Å²) in [6, 6.07) is 10.4. The van der Waals surface area contributed by atoms with E-state index in [0.29, 0.717) is 15.7 Å². The summed E-state index contributed by atoms with van der Waals surface area (Å²) in [7, 11) is -3.72. The fourth-order valence-electron chi connectivity index (χ4n) is 2.34. The monoisotopic (exact) mass is 400 g/mol. The predicted octanol–water partition coefficient (Wildman–Crippen LogP) is 2.61. The van der Waals surface area contributed by atoms with Gasteiger partial charge in [0.2, 0.25) is 10.0 Å². The molecule has 0 bridgehead atoms. The number of hydrogen-bond acceptors (Lipinski definition) is 4. The van der Waals surface area contributed by atoms with Crippen molar-refractivity contribution < 1.29 is 18.3 Å². The number of carbonyl (C=O) groups is 1. The van der Waals surface area contributed by atoms with E-state index in [0.717, 1.165) is 4.31 Å². The van der Waals surface area contributed by atoms with E-state index < -0.39 is 22.0 Å². The minimum atomic E-state index is -3.72. The van der Waals surface area contributed by atoms with Crippen molar-refractivity contribution in [1.82, 2.24) is 4.31 Å². The fraction of sp³-hybridized carbons (Fsp3) is 0.188. The Labute approximate surface area is 155 Å². The molecule has 1 saturated heterocycles. The molecule has 0 saturated carbocycles. The Balaban J connectivity index is 1.81. The minimum absolute atomic E-state index is 0.00110. The van der Waals surface area contributed by atoms with Gasteiger partial charge in [0.25, 0.3) is 5.91 Å². The first-order chi connectivity index (χ1) is 11.8. The molecule has 2 aromatic carbocycles. The molecule has 0 unspecified atom stereocenters. The van der Waals surface area contributed by atoms with Crippen LogP contribution < -0.4 is 5.32 Å². The third-order valence-electron chi connectivity index (χ3n) is 3.74. The lowest BCUT2D eigenvalue weighted by Gasteiger charge is -2.34. The molecular formula is C16H14Cl2N2O4S. The molecule has 0 spiro atoms. The van der Waals surface area contributed by atoms with Gasteiger partial charge in [0.05, 0.1) is 21.0 Å². The van der Waals surface area contributed by atoms with Crippen LogP contribution in [0, 0.1) is 0 Å². The lowest BCUT2D eigenvalue weighted by molar-refractivity contribution is 0.0548. The number of aliphatic hydroxyl groups excluding tert-OH is 1. The van der Waals surface area contributed by atoms with Crippen molar-refractivity contribution in [2.75, 3.05) is 18.4 Å². The number of nitrogens with zero attached hydrogens (tertiary/aromatic N) is 1. The number of hydrogen-bond donors (Lipinski definition) is 2. The molecule has 0 aliphatic carbocycles. The van der Waals surface area contributed by atoms with Crippen LogP contribution in [0.1, 0.15) is 10.4 Å². The van der Waals surface area contributed by atoms with E-state index in [1.54, 1.807) is 12.1 Å². The first-order valence-electron chi connectivity index (χ1n) is 7.32. The normalized spacial score (nSPS) is 15.6. The van der Waals surface area contributed by atoms with Crippen molar-refractivity contribution in [3.05, 3.63) is 58.1 Å². The SMILES string of the molecule is O=C(Nc1ccc(Cl)c(Cl)c1)c1cccc(S(=O)(=O)N2CC(O)C2)c1. The van der Waals surface area contributed by atoms with Gasteiger partial charge in [-0.05, 0) is 36.4 Å². The van der Waals surface area contributed by atoms with Gasteiger partial charge < -0.3 is 10.4 Å². The summed E-state index contributed by atoms with van der Waals surface area (Å²) in [4.78, 5) is 12.4. The molecule has 0 radical (unpaired) electrons. The average Bonchev–Trinajstić information content (AvgIpc) is 2.55. The Morgan fingerprint density at radius 2 is 1.84 bits per heavy atom. The maximum absolute atomic E-state index is 12.4. The fourth-order valence-corrected chi connectivity index (χ4v) is 4.20. The standard InChI is InChI=1S/C16H14Cl2N2O4S/c17-14-5-4-11(7-15(14)18)19-16(22)10-2-1-3-13(6-10)25(23,24)20-8-12(21)9-20/h1-7,12,21H,8-9H2,(H,19,22). The molecule has 2 N–H and O–H groups in total. The van der Waals surface area contributed by atoms with Crippen LogP contribution in [0.4, 0.5) is 5.69 Å². The number of sulfonamides is 1. The van der Waals surface area contributed by atoms with Crippen LogP contribution in [0.15, 0.2) is 47.4 Å². The molecule has 9 heteroatoms. The van der Waals surface area contributed by atoms with Crippen LogP contribution in [0.5, 0.6) is 0 Å². The van der Waals surface area contributed by atoms with E-state index in [-0.39, 0.29) is 23.5 Å². The van der Waals surface area contributed by atoms with Gasteiger partial charge >= 0.3 is 0 Å². The van der Waals surface area contributed by atoms with Crippen molar-refractivity contribution >= 4 is 44.8 Å². The van der Waals surface area contributed by atoms with Gasteiger partial charge in [-0.25, -0.2) is 8.42 Å². The van der Waals surface area contributed by atoms with E-state index in [1.165, 1.54) is 30.3 Å². The van der Waals surface area contributed by atoms with Crippen LogP contribution in [0.3, 0.4) is 0 Å². The molecule has 1 aliphatic rings. The third kappa shape index (κ3) is 3.80. The Kier molecular flexibility index (Phi) is 5.04. The molecule has 132 valence electrons. The number of rotatable bonds is 4. The van der Waals surface area contributed by atoms with Gasteiger partial charge in [0.1, 0.15) is 0 Å². The number of aliphatic hydroxyl groups is 1. The van der Waals surface area contributed by atoms with Crippen LogP contribution >= 0.6 is 23.2 Å². The minimum Gasteiger partial charge on any atom is -0.390 e. The molecule has 3 rings (SSSR count). The molecule has 6 nitrogen and oxygen atoms in total. The van der Waals surface area contributed by atoms with Crippen molar-refractivity contribution in [2.24, 2.45) is 0 Å². The van der Waals surface area contributed by atoms with E-state index in [9.17, 15) is 18.3 Å². The molecular weight excluding hydrogens is 387 g/mol. The first-order valence-corrected chi connectivity index (χ1v) is 9.51. The number of anilines is 1. The summed E-state index contributed by atoms with van der Waals surface area (Å²) in [6.45, 7) is 0.115. The van der Waals surface area contributed by atoms with Crippen LogP contribution in [-0.4, -0.2) is 42.9 Å². The van der Waals surface area contributed by atoms with E-state index in [4.69, 9.17) is 23.2 Å². The van der Waals surface area contributed by atoms with Crippen LogP contribution in [0.2, 0.25) is 10.0 Å². The second kappa shape index (κ2) is 6.93. The Morgan fingerprint density at radius 3 is 2.48 bits per heavy atom. The Hall–Kier alpha value is -1.64. The summed E-state index contributed by atoms with van der Waals surface area (Å²) in [5.74, 6) is -0.473. The second-order valence-corrected chi connectivity index (χ2v) is 8.34. The van der Waals surface area contributed by atoms with E-state index in [2.05, 4.69) is 5.32 Å². The van der Waals surface area contributed by atoms with Gasteiger partial charge in [-0.15, -0.1) is 0 Å². The largest absolute Gasteiger partial charge is 0.390 e. The van der Waals surface area contributed by atoms with Crippen molar-refractivity contribution in [2.45, 2.75) is 11.0 Å². The molecule has 0 aromatic heterocycles. The highest BCUT2D eigenvalue weighted by molar-refractivity contribution is 7.89. The van der Waals surface area contributed by atoms with E-state index in [1.807, 2.05) is 0 Å². The molecule has 1 fully saturated rings. The lowest BCUT2D eigenvalue weighted by Crippen LogP contribution is -2.53. The number of β-amino-alcohol motifs (C(OH)–C–C–N with tert-alkyl or cyclic N) is 1. The van der Waals surface area contributed by atoms with Gasteiger partial charge in [0.15, 0.2) is 0 Å². The van der Waals surface area contributed by atoms with Crippen LogP contribution in [-0.2, 0) is 10.0 Å². The zero-order valence-corrected chi connectivity index (χ0v) is 15.1. The highest BCUT2D eigenvalue weighted by atomic mass is 35.5. The predicted molar refractivity (Wildman–Crippen MR) is 95.6 cm³/mol. The van der Waals surface area contributed by atoms with Crippen molar-refractivity contribution in [1.29, 1.82) is 0 Å². The summed E-state index contributed by atoms with van der Waals surface area (Å²) in [5.41, 5.74) is 0.631. The summed E-state index contributed by atoms with van der Waals surface area (Å²) in [6.07, 6.45) is -0.643. The zero-order chi connectivity index (χ0) is 18.2. The Bertz CT molecular complexity index is 927. The summed E-state index contributed by atoms with van der Waals surface area (Å²) in [5, 5.41) is 12.6. The highest BCUT2D eigenvalue weighted by Gasteiger charge is 2.35. The molecule has 1 heterocycles. The van der Waals surface area contributed by atoms with Crippen molar-refractivity contribution in [3.8, 4) is 0 Å². The highest BCUT2D eigenvalue weighted by Crippen LogP contribution is 2.26. The third-order valence-corrected chi connectivity index (χ3v) is 6.31. The molecule has 2 aromatic rings. The van der Waals surface area contributed by atoms with Gasteiger partial charge in [-0.1, -0.05) is 29.3 Å². The van der Waals surface area contributed by atoms with Gasteiger partial charge in [-0.2, -0.15) is 4.31 Å². The van der Waals surface area contributed by atoms with E-state index >= 15 is 0 Å². The number of carbonyl (C=O) groups excluding carboxylic acids is 1. The average molecular weight is 401 g/mol. The Morgan fingerprint density at radius 1 is 1.12 bits per heavy atom. The molecule has 25 heavy (non-hydrogen) atoms. The molecule has 1 aliphatic heterocycles.